The first-order valence-corrected chi connectivity index (χ1v) is 8.06. The van der Waals surface area contributed by atoms with Crippen molar-refractivity contribution in [3.8, 4) is 0 Å². The Labute approximate surface area is 144 Å². The van der Waals surface area contributed by atoms with E-state index in [-0.39, 0.29) is 17.7 Å². The summed E-state index contributed by atoms with van der Waals surface area (Å²) in [5.41, 5.74) is 1.09. The fourth-order valence-corrected chi connectivity index (χ4v) is 2.95. The van der Waals surface area contributed by atoms with Crippen LogP contribution in [-0.4, -0.2) is 39.8 Å². The van der Waals surface area contributed by atoms with Crippen molar-refractivity contribution in [1.29, 1.82) is 0 Å². The lowest BCUT2D eigenvalue weighted by Crippen LogP contribution is -2.54. The van der Waals surface area contributed by atoms with Crippen LogP contribution in [0.25, 0.3) is 10.8 Å². The molecule has 4 rings (SSSR count). The highest BCUT2D eigenvalue weighted by atomic mass is 16.2. The molecule has 6 heteroatoms. The van der Waals surface area contributed by atoms with Gasteiger partial charge in [0.05, 0.1) is 12.1 Å². The number of carbonyl (C=O) groups excluding carboxylic acids is 2. The van der Waals surface area contributed by atoms with E-state index in [1.165, 1.54) is 18.6 Å². The maximum Gasteiger partial charge on any atom is 0.274 e. The van der Waals surface area contributed by atoms with Gasteiger partial charge in [0, 0.05) is 36.6 Å². The highest BCUT2D eigenvalue weighted by Gasteiger charge is 2.36. The van der Waals surface area contributed by atoms with Crippen LogP contribution in [0.2, 0.25) is 0 Å². The first-order valence-electron chi connectivity index (χ1n) is 8.06. The standard InChI is InChI=1S/C19H16N4O2/c24-18(22-16-7-3-5-13-4-1-2-6-15(13)16)14-11-23(12-14)19(25)17-10-20-8-9-21-17/h1-10,14H,11-12H2,(H,22,24). The molecule has 2 heterocycles. The number of amides is 2. The number of rotatable bonds is 3. The molecule has 1 N–H and O–H groups in total. The summed E-state index contributed by atoms with van der Waals surface area (Å²) in [4.78, 5) is 34.2. The van der Waals surface area contributed by atoms with E-state index in [9.17, 15) is 9.59 Å². The van der Waals surface area contributed by atoms with Gasteiger partial charge in [0.25, 0.3) is 5.91 Å². The van der Waals surface area contributed by atoms with E-state index in [1.807, 2.05) is 42.5 Å². The van der Waals surface area contributed by atoms with Crippen molar-refractivity contribution in [2.45, 2.75) is 0 Å². The fraction of sp³-hybridized carbons (Fsp3) is 0.158. The van der Waals surface area contributed by atoms with Gasteiger partial charge in [-0.15, -0.1) is 0 Å². The van der Waals surface area contributed by atoms with Crippen molar-refractivity contribution >= 4 is 28.3 Å². The molecule has 0 radical (unpaired) electrons. The largest absolute Gasteiger partial charge is 0.336 e. The van der Waals surface area contributed by atoms with E-state index in [4.69, 9.17) is 0 Å². The Morgan fingerprint density at radius 3 is 2.64 bits per heavy atom. The third kappa shape index (κ3) is 2.94. The number of hydrogen-bond donors (Lipinski definition) is 1. The Balaban J connectivity index is 1.41. The Bertz CT molecular complexity index is 931. The van der Waals surface area contributed by atoms with Crippen LogP contribution in [0.3, 0.4) is 0 Å². The molecule has 1 aliphatic heterocycles. The van der Waals surface area contributed by atoms with E-state index in [1.54, 1.807) is 4.90 Å². The van der Waals surface area contributed by atoms with Crippen LogP contribution in [0.5, 0.6) is 0 Å². The highest BCUT2D eigenvalue weighted by Crippen LogP contribution is 2.25. The molecular weight excluding hydrogens is 316 g/mol. The molecule has 0 aliphatic carbocycles. The quantitative estimate of drug-likeness (QED) is 0.799. The van der Waals surface area contributed by atoms with E-state index in [0.717, 1.165) is 16.5 Å². The molecule has 2 amide bonds. The Morgan fingerprint density at radius 2 is 1.84 bits per heavy atom. The number of nitrogens with one attached hydrogen (secondary N) is 1. The molecule has 0 saturated carbocycles. The van der Waals surface area contributed by atoms with Gasteiger partial charge in [0.15, 0.2) is 0 Å². The van der Waals surface area contributed by atoms with Gasteiger partial charge in [0.2, 0.25) is 5.91 Å². The molecule has 0 unspecified atom stereocenters. The molecule has 2 aromatic carbocycles. The molecule has 0 bridgehead atoms. The average Bonchev–Trinajstić information content (AvgIpc) is 2.61. The van der Waals surface area contributed by atoms with Crippen molar-refractivity contribution in [3.05, 3.63) is 66.7 Å². The minimum atomic E-state index is -0.209. The minimum Gasteiger partial charge on any atom is -0.336 e. The van der Waals surface area contributed by atoms with Gasteiger partial charge in [-0.25, -0.2) is 4.98 Å². The van der Waals surface area contributed by atoms with Gasteiger partial charge < -0.3 is 10.2 Å². The maximum atomic E-state index is 12.5. The van der Waals surface area contributed by atoms with E-state index >= 15 is 0 Å². The summed E-state index contributed by atoms with van der Waals surface area (Å²) in [5.74, 6) is -0.471. The summed E-state index contributed by atoms with van der Waals surface area (Å²) in [5, 5.41) is 5.06. The minimum absolute atomic E-state index is 0.0699. The van der Waals surface area contributed by atoms with E-state index < -0.39 is 0 Å². The number of carbonyl (C=O) groups is 2. The van der Waals surface area contributed by atoms with Crippen LogP contribution in [0.15, 0.2) is 61.1 Å². The number of likely N-dealkylation sites (tertiary alicyclic amines) is 1. The zero-order valence-electron chi connectivity index (χ0n) is 13.4. The second-order valence-corrected chi connectivity index (χ2v) is 6.01. The molecule has 1 aromatic heterocycles. The van der Waals surface area contributed by atoms with E-state index in [2.05, 4.69) is 15.3 Å². The molecule has 1 saturated heterocycles. The van der Waals surface area contributed by atoms with Gasteiger partial charge in [-0.1, -0.05) is 36.4 Å². The second kappa shape index (κ2) is 6.32. The summed E-state index contributed by atoms with van der Waals surface area (Å²) in [6.07, 6.45) is 4.44. The summed E-state index contributed by atoms with van der Waals surface area (Å²) in [6.45, 7) is 0.790. The first-order chi connectivity index (χ1) is 12.2. The zero-order chi connectivity index (χ0) is 17.2. The lowest BCUT2D eigenvalue weighted by molar-refractivity contribution is -0.123. The average molecular weight is 332 g/mol. The van der Waals surface area contributed by atoms with Crippen molar-refractivity contribution in [2.75, 3.05) is 18.4 Å². The molecule has 124 valence electrons. The smallest absolute Gasteiger partial charge is 0.274 e. The van der Waals surface area contributed by atoms with Crippen molar-refractivity contribution in [1.82, 2.24) is 14.9 Å². The number of hydrogen-bond acceptors (Lipinski definition) is 4. The molecule has 0 atom stereocenters. The fourth-order valence-electron chi connectivity index (χ4n) is 2.95. The van der Waals surface area contributed by atoms with Gasteiger partial charge in [0.1, 0.15) is 5.69 Å². The van der Waals surface area contributed by atoms with Crippen molar-refractivity contribution in [3.63, 3.8) is 0 Å². The topological polar surface area (TPSA) is 75.2 Å². The molecular formula is C19H16N4O2. The zero-order valence-corrected chi connectivity index (χ0v) is 13.4. The number of aromatic nitrogens is 2. The molecule has 1 fully saturated rings. The molecule has 25 heavy (non-hydrogen) atoms. The van der Waals surface area contributed by atoms with Gasteiger partial charge >= 0.3 is 0 Å². The van der Waals surface area contributed by atoms with Crippen molar-refractivity contribution < 1.29 is 9.59 Å². The molecule has 6 nitrogen and oxygen atoms in total. The van der Waals surface area contributed by atoms with Crippen LogP contribution < -0.4 is 5.32 Å². The highest BCUT2D eigenvalue weighted by molar-refractivity contribution is 6.04. The third-order valence-corrected chi connectivity index (χ3v) is 4.37. The SMILES string of the molecule is O=C(Nc1cccc2ccccc12)C1CN(C(=O)c2cnccn2)C1. The van der Waals surface area contributed by atoms with Crippen LogP contribution in [-0.2, 0) is 4.79 Å². The maximum absolute atomic E-state index is 12.5. The summed E-state index contributed by atoms with van der Waals surface area (Å²) in [6, 6.07) is 13.7. The molecule has 1 aliphatic rings. The van der Waals surface area contributed by atoms with E-state index in [0.29, 0.717) is 18.8 Å². The Kier molecular flexibility index (Phi) is 3.85. The van der Waals surface area contributed by atoms with Crippen LogP contribution >= 0.6 is 0 Å². The number of nitrogens with zero attached hydrogens (tertiary/aromatic N) is 3. The second-order valence-electron chi connectivity index (χ2n) is 6.01. The summed E-state index contributed by atoms with van der Waals surface area (Å²) < 4.78 is 0. The molecule has 3 aromatic rings. The number of benzene rings is 2. The Hall–Kier alpha value is -3.28. The van der Waals surface area contributed by atoms with Crippen LogP contribution in [0, 0.1) is 5.92 Å². The van der Waals surface area contributed by atoms with Crippen LogP contribution in [0.4, 0.5) is 5.69 Å². The first kappa shape index (κ1) is 15.3. The Morgan fingerprint density at radius 1 is 1.04 bits per heavy atom. The van der Waals surface area contributed by atoms with Crippen LogP contribution in [0.1, 0.15) is 10.5 Å². The monoisotopic (exact) mass is 332 g/mol. The third-order valence-electron chi connectivity index (χ3n) is 4.37. The summed E-state index contributed by atoms with van der Waals surface area (Å²) >= 11 is 0. The predicted molar refractivity (Wildman–Crippen MR) is 94.0 cm³/mol. The van der Waals surface area contributed by atoms with Crippen molar-refractivity contribution in [2.24, 2.45) is 5.92 Å². The number of anilines is 1. The van der Waals surface area contributed by atoms with Gasteiger partial charge in [-0.3, -0.25) is 14.6 Å². The van der Waals surface area contributed by atoms with Gasteiger partial charge in [-0.2, -0.15) is 0 Å². The number of fused-ring (bicyclic) bond motifs is 1. The summed E-state index contributed by atoms with van der Waals surface area (Å²) in [7, 11) is 0. The predicted octanol–water partition coefficient (Wildman–Crippen LogP) is 2.34. The normalized spacial score (nSPS) is 14.2. The van der Waals surface area contributed by atoms with Gasteiger partial charge in [-0.05, 0) is 11.5 Å². The lowest BCUT2D eigenvalue weighted by atomic mass is 9.98. The lowest BCUT2D eigenvalue weighted by Gasteiger charge is -2.37. The molecule has 0 spiro atoms.